The molecule has 0 aliphatic carbocycles. The molecule has 1 fully saturated rings. The Morgan fingerprint density at radius 3 is 2.57 bits per heavy atom. The van der Waals surface area contributed by atoms with Gasteiger partial charge in [-0.3, -0.25) is 4.79 Å². The van der Waals surface area contributed by atoms with E-state index in [2.05, 4.69) is 10.6 Å². The van der Waals surface area contributed by atoms with E-state index in [4.69, 9.17) is 4.74 Å². The predicted molar refractivity (Wildman–Crippen MR) is 76.4 cm³/mol. The Bertz CT molecular complexity index is 564. The number of hydrogen-bond acceptors (Lipinski definition) is 3. The Kier molecular flexibility index (Phi) is 5.26. The first-order valence-corrected chi connectivity index (χ1v) is 7.16. The van der Waals surface area contributed by atoms with Gasteiger partial charge in [-0.1, -0.05) is 0 Å². The highest BCUT2D eigenvalue weighted by Gasteiger charge is 2.40. The molecular weight excluding hydrogens is 316 g/mol. The molecular formula is C15H18F4N2O2. The van der Waals surface area contributed by atoms with Crippen LogP contribution in [0, 0.1) is 11.2 Å². The van der Waals surface area contributed by atoms with Crippen LogP contribution in [0.5, 0.6) is 0 Å². The molecule has 4 nitrogen and oxygen atoms in total. The van der Waals surface area contributed by atoms with Crippen molar-refractivity contribution >= 4 is 11.6 Å². The van der Waals surface area contributed by atoms with Gasteiger partial charge < -0.3 is 15.4 Å². The number of alkyl halides is 3. The molecule has 1 heterocycles. The van der Waals surface area contributed by atoms with E-state index in [9.17, 15) is 22.4 Å². The fourth-order valence-corrected chi connectivity index (χ4v) is 2.67. The van der Waals surface area contributed by atoms with Crippen molar-refractivity contribution in [3.05, 3.63) is 29.6 Å². The number of ether oxygens (including phenoxy) is 1. The summed E-state index contributed by atoms with van der Waals surface area (Å²) in [7, 11) is 1.45. The van der Waals surface area contributed by atoms with Crippen molar-refractivity contribution in [2.24, 2.45) is 5.41 Å². The number of halogens is 4. The summed E-state index contributed by atoms with van der Waals surface area (Å²) in [6.07, 6.45) is -3.67. The predicted octanol–water partition coefficient (Wildman–Crippen LogP) is 2.80. The highest BCUT2D eigenvalue weighted by Crippen LogP contribution is 2.34. The van der Waals surface area contributed by atoms with Crippen LogP contribution in [0.25, 0.3) is 0 Å². The molecule has 8 heteroatoms. The molecule has 128 valence electrons. The Morgan fingerprint density at radius 2 is 2.00 bits per heavy atom. The summed E-state index contributed by atoms with van der Waals surface area (Å²) in [6, 6.07) is 1.94. The van der Waals surface area contributed by atoms with Crippen LogP contribution in [0.15, 0.2) is 18.2 Å². The smallest absolute Gasteiger partial charge is 0.384 e. The number of anilines is 1. The monoisotopic (exact) mass is 334 g/mol. The van der Waals surface area contributed by atoms with E-state index < -0.39 is 34.6 Å². The van der Waals surface area contributed by atoms with Gasteiger partial charge in [-0.25, -0.2) is 4.39 Å². The lowest BCUT2D eigenvalue weighted by molar-refractivity contribution is -0.137. The zero-order valence-corrected chi connectivity index (χ0v) is 12.6. The van der Waals surface area contributed by atoms with E-state index in [-0.39, 0.29) is 6.61 Å². The van der Waals surface area contributed by atoms with Crippen molar-refractivity contribution in [3.8, 4) is 0 Å². The zero-order valence-electron chi connectivity index (χ0n) is 12.6. The molecule has 2 N–H and O–H groups in total. The number of methoxy groups -OCH3 is 1. The van der Waals surface area contributed by atoms with Crippen LogP contribution in [0.4, 0.5) is 23.2 Å². The second-order valence-corrected chi connectivity index (χ2v) is 5.61. The fourth-order valence-electron chi connectivity index (χ4n) is 2.67. The molecule has 0 radical (unpaired) electrons. The van der Waals surface area contributed by atoms with Gasteiger partial charge >= 0.3 is 6.18 Å². The van der Waals surface area contributed by atoms with Crippen LogP contribution >= 0.6 is 0 Å². The minimum Gasteiger partial charge on any atom is -0.384 e. The van der Waals surface area contributed by atoms with Crippen LogP contribution in [-0.4, -0.2) is 32.7 Å². The Hall–Kier alpha value is -1.67. The van der Waals surface area contributed by atoms with Gasteiger partial charge in [0, 0.05) is 7.11 Å². The molecule has 23 heavy (non-hydrogen) atoms. The molecule has 1 aliphatic rings. The van der Waals surface area contributed by atoms with Gasteiger partial charge in [-0.2, -0.15) is 13.2 Å². The number of amides is 1. The Morgan fingerprint density at radius 1 is 1.35 bits per heavy atom. The quantitative estimate of drug-likeness (QED) is 0.833. The van der Waals surface area contributed by atoms with E-state index in [1.165, 1.54) is 7.11 Å². The molecule has 1 aromatic carbocycles. The summed E-state index contributed by atoms with van der Waals surface area (Å²) in [4.78, 5) is 12.5. The third-order valence-corrected chi connectivity index (χ3v) is 4.00. The molecule has 0 atom stereocenters. The first-order chi connectivity index (χ1) is 10.8. The van der Waals surface area contributed by atoms with Crippen molar-refractivity contribution in [2.75, 3.05) is 32.1 Å². The second kappa shape index (κ2) is 6.84. The number of hydrogen-bond donors (Lipinski definition) is 2. The minimum absolute atomic E-state index is 0.126. The van der Waals surface area contributed by atoms with Crippen molar-refractivity contribution < 1.29 is 27.1 Å². The van der Waals surface area contributed by atoms with Crippen molar-refractivity contribution in [1.82, 2.24) is 5.32 Å². The zero-order chi connectivity index (χ0) is 17.1. The van der Waals surface area contributed by atoms with Gasteiger partial charge in [-0.05, 0) is 44.1 Å². The SMILES string of the molecule is COCC1(C(=O)Nc2cc(C(F)(F)F)ccc2F)CCNCC1. The van der Waals surface area contributed by atoms with E-state index >= 15 is 0 Å². The minimum atomic E-state index is -4.61. The molecule has 0 bridgehead atoms. The van der Waals surface area contributed by atoms with Crippen LogP contribution in [0.2, 0.25) is 0 Å². The molecule has 0 aromatic heterocycles. The van der Waals surface area contributed by atoms with Crippen molar-refractivity contribution in [3.63, 3.8) is 0 Å². The highest BCUT2D eigenvalue weighted by molar-refractivity contribution is 5.95. The average Bonchev–Trinajstić information content (AvgIpc) is 2.49. The first-order valence-electron chi connectivity index (χ1n) is 7.16. The van der Waals surface area contributed by atoms with Gasteiger partial charge in [0.15, 0.2) is 0 Å². The molecule has 1 amide bonds. The largest absolute Gasteiger partial charge is 0.416 e. The van der Waals surface area contributed by atoms with Crippen LogP contribution in [0.3, 0.4) is 0 Å². The normalized spacial score (nSPS) is 17.8. The van der Waals surface area contributed by atoms with E-state index in [0.717, 1.165) is 0 Å². The molecule has 0 spiro atoms. The number of carbonyl (C=O) groups excluding carboxylic acids is 1. The van der Waals surface area contributed by atoms with Gasteiger partial charge in [0.2, 0.25) is 5.91 Å². The number of carbonyl (C=O) groups is 1. The lowest BCUT2D eigenvalue weighted by Crippen LogP contribution is -2.47. The number of piperidine rings is 1. The molecule has 1 aromatic rings. The highest BCUT2D eigenvalue weighted by atomic mass is 19.4. The molecule has 2 rings (SSSR count). The second-order valence-electron chi connectivity index (χ2n) is 5.61. The summed E-state index contributed by atoms with van der Waals surface area (Å²) < 4.78 is 57.0. The first kappa shape index (κ1) is 17.7. The van der Waals surface area contributed by atoms with Crippen LogP contribution < -0.4 is 10.6 Å². The average molecular weight is 334 g/mol. The van der Waals surface area contributed by atoms with E-state index in [1.54, 1.807) is 0 Å². The lowest BCUT2D eigenvalue weighted by Gasteiger charge is -2.35. The third-order valence-electron chi connectivity index (χ3n) is 4.00. The van der Waals surface area contributed by atoms with Gasteiger partial charge in [0.05, 0.1) is 23.3 Å². The van der Waals surface area contributed by atoms with Crippen LogP contribution in [-0.2, 0) is 15.7 Å². The number of rotatable bonds is 4. The van der Waals surface area contributed by atoms with Gasteiger partial charge in [0.1, 0.15) is 5.82 Å². The van der Waals surface area contributed by atoms with E-state index in [0.29, 0.717) is 44.1 Å². The number of benzene rings is 1. The topological polar surface area (TPSA) is 50.4 Å². The van der Waals surface area contributed by atoms with Gasteiger partial charge in [0.25, 0.3) is 0 Å². The standard InChI is InChI=1S/C15H18F4N2O2/c1-23-9-14(4-6-20-7-5-14)13(22)21-12-8-10(15(17,18)19)2-3-11(12)16/h2-3,8,20H,4-7,9H2,1H3,(H,21,22). The Labute approximate surface area is 131 Å². The molecule has 1 saturated heterocycles. The van der Waals surface area contributed by atoms with Crippen LogP contribution in [0.1, 0.15) is 18.4 Å². The van der Waals surface area contributed by atoms with Crippen molar-refractivity contribution in [1.29, 1.82) is 0 Å². The number of nitrogens with one attached hydrogen (secondary N) is 2. The molecule has 1 aliphatic heterocycles. The maximum Gasteiger partial charge on any atom is 0.416 e. The lowest BCUT2D eigenvalue weighted by atomic mass is 9.78. The summed E-state index contributed by atoms with van der Waals surface area (Å²) >= 11 is 0. The molecule has 0 saturated carbocycles. The maximum absolute atomic E-state index is 13.8. The summed E-state index contributed by atoms with van der Waals surface area (Å²) in [5, 5.41) is 5.39. The van der Waals surface area contributed by atoms with E-state index in [1.807, 2.05) is 0 Å². The maximum atomic E-state index is 13.8. The van der Waals surface area contributed by atoms with Crippen molar-refractivity contribution in [2.45, 2.75) is 19.0 Å². The fraction of sp³-hybridized carbons (Fsp3) is 0.533. The summed E-state index contributed by atoms with van der Waals surface area (Å²) in [6.45, 7) is 1.30. The summed E-state index contributed by atoms with van der Waals surface area (Å²) in [5.41, 5.74) is -2.36. The third kappa shape index (κ3) is 4.00. The summed E-state index contributed by atoms with van der Waals surface area (Å²) in [5.74, 6) is -1.44. The molecule has 0 unspecified atom stereocenters. The van der Waals surface area contributed by atoms with Gasteiger partial charge in [-0.15, -0.1) is 0 Å². The Balaban J connectivity index is 2.24.